The van der Waals surface area contributed by atoms with Crippen molar-refractivity contribution in [3.8, 4) is 5.75 Å². The van der Waals surface area contributed by atoms with Crippen molar-refractivity contribution < 1.29 is 9.47 Å². The molecule has 2 N–H and O–H groups in total. The smallest absolute Gasteiger partial charge is 0.191 e. The third kappa shape index (κ3) is 5.47. The predicted molar refractivity (Wildman–Crippen MR) is 109 cm³/mol. The molecule has 0 saturated carbocycles. The van der Waals surface area contributed by atoms with E-state index in [2.05, 4.69) is 46.0 Å². The van der Waals surface area contributed by atoms with Crippen LogP contribution in [0.3, 0.4) is 0 Å². The molecular formula is C22H29N3O2. The predicted octanol–water partition coefficient (Wildman–Crippen LogP) is 3.53. The van der Waals surface area contributed by atoms with Crippen LogP contribution in [0, 0.1) is 5.92 Å². The van der Waals surface area contributed by atoms with Gasteiger partial charge >= 0.3 is 0 Å². The lowest BCUT2D eigenvalue weighted by Crippen LogP contribution is -2.41. The molecule has 1 saturated heterocycles. The topological polar surface area (TPSA) is 54.9 Å². The van der Waals surface area contributed by atoms with Crippen LogP contribution in [0.1, 0.15) is 30.1 Å². The number of guanidine groups is 1. The summed E-state index contributed by atoms with van der Waals surface area (Å²) < 4.78 is 11.4. The van der Waals surface area contributed by atoms with Gasteiger partial charge in [0.2, 0.25) is 0 Å². The summed E-state index contributed by atoms with van der Waals surface area (Å²) in [7, 11) is 3.48. The van der Waals surface area contributed by atoms with Crippen molar-refractivity contribution in [3.05, 3.63) is 65.7 Å². The van der Waals surface area contributed by atoms with Gasteiger partial charge in [-0.3, -0.25) is 4.99 Å². The second kappa shape index (κ2) is 9.97. The zero-order valence-electron chi connectivity index (χ0n) is 16.2. The highest BCUT2D eigenvalue weighted by molar-refractivity contribution is 5.79. The second-order valence-corrected chi connectivity index (χ2v) is 6.76. The first-order valence-corrected chi connectivity index (χ1v) is 9.54. The fourth-order valence-electron chi connectivity index (χ4n) is 3.48. The normalized spacial score (nSPS) is 20.1. The Morgan fingerprint density at radius 3 is 2.78 bits per heavy atom. The van der Waals surface area contributed by atoms with E-state index in [9.17, 15) is 0 Å². The maximum atomic E-state index is 6.08. The lowest BCUT2D eigenvalue weighted by atomic mass is 9.89. The van der Waals surface area contributed by atoms with Crippen molar-refractivity contribution in [1.29, 1.82) is 0 Å². The quantitative estimate of drug-likeness (QED) is 0.606. The lowest BCUT2D eigenvalue weighted by Gasteiger charge is -2.32. The zero-order valence-corrected chi connectivity index (χ0v) is 16.2. The monoisotopic (exact) mass is 367 g/mol. The number of nitrogens with one attached hydrogen (secondary N) is 2. The minimum absolute atomic E-state index is 0.143. The van der Waals surface area contributed by atoms with Gasteiger partial charge in [0.05, 0.1) is 13.2 Å². The van der Waals surface area contributed by atoms with Gasteiger partial charge in [-0.05, 0) is 36.1 Å². The van der Waals surface area contributed by atoms with Gasteiger partial charge in [0, 0.05) is 32.7 Å². The van der Waals surface area contributed by atoms with Gasteiger partial charge in [0.1, 0.15) is 5.75 Å². The molecule has 1 aliphatic heterocycles. The van der Waals surface area contributed by atoms with Crippen LogP contribution >= 0.6 is 0 Å². The molecule has 1 heterocycles. The minimum Gasteiger partial charge on any atom is -0.497 e. The third-order valence-corrected chi connectivity index (χ3v) is 4.92. The van der Waals surface area contributed by atoms with Crippen molar-refractivity contribution in [2.24, 2.45) is 10.9 Å². The molecule has 0 aromatic heterocycles. The van der Waals surface area contributed by atoms with Crippen LogP contribution < -0.4 is 15.4 Å². The maximum Gasteiger partial charge on any atom is 0.191 e. The number of benzene rings is 2. The van der Waals surface area contributed by atoms with Crippen molar-refractivity contribution in [2.45, 2.75) is 25.5 Å². The maximum absolute atomic E-state index is 6.08. The largest absolute Gasteiger partial charge is 0.497 e. The van der Waals surface area contributed by atoms with Crippen LogP contribution in [-0.4, -0.2) is 33.3 Å². The molecule has 1 aliphatic rings. The molecule has 0 amide bonds. The van der Waals surface area contributed by atoms with Gasteiger partial charge < -0.3 is 20.1 Å². The molecule has 2 aromatic rings. The fourth-order valence-corrected chi connectivity index (χ4v) is 3.48. The van der Waals surface area contributed by atoms with E-state index < -0.39 is 0 Å². The van der Waals surface area contributed by atoms with E-state index in [0.29, 0.717) is 12.5 Å². The molecule has 0 bridgehead atoms. The highest BCUT2D eigenvalue weighted by Gasteiger charge is 2.27. The zero-order chi connectivity index (χ0) is 18.9. The first-order chi connectivity index (χ1) is 13.3. The Kier molecular flexibility index (Phi) is 7.11. The standard InChI is InChI=1S/C22H29N3O2/c1-23-22(24-15-17-8-6-12-20(14-17)26-2)25-16-19-11-7-13-27-21(19)18-9-4-3-5-10-18/h3-6,8-10,12,14,19,21H,7,11,13,15-16H2,1-2H3,(H2,23,24,25). The van der Waals surface area contributed by atoms with Gasteiger partial charge in [-0.25, -0.2) is 0 Å². The van der Waals surface area contributed by atoms with Crippen LogP contribution in [0.25, 0.3) is 0 Å². The molecule has 144 valence electrons. The van der Waals surface area contributed by atoms with Crippen LogP contribution in [0.15, 0.2) is 59.6 Å². The summed E-state index contributed by atoms with van der Waals surface area (Å²) in [5.74, 6) is 2.09. The number of hydrogen-bond acceptors (Lipinski definition) is 3. The summed E-state index contributed by atoms with van der Waals surface area (Å²) in [5.41, 5.74) is 2.41. The van der Waals surface area contributed by atoms with Gasteiger partial charge in [-0.2, -0.15) is 0 Å². The molecule has 2 aromatic carbocycles. The summed E-state index contributed by atoms with van der Waals surface area (Å²) in [6, 6.07) is 18.5. The molecule has 0 aliphatic carbocycles. The minimum atomic E-state index is 0.143. The average Bonchev–Trinajstić information content (AvgIpc) is 2.75. The molecule has 27 heavy (non-hydrogen) atoms. The van der Waals surface area contributed by atoms with Crippen LogP contribution in [0.5, 0.6) is 5.75 Å². The van der Waals surface area contributed by atoms with E-state index >= 15 is 0 Å². The number of hydrogen-bond donors (Lipinski definition) is 2. The Hall–Kier alpha value is -2.53. The third-order valence-electron chi connectivity index (χ3n) is 4.92. The van der Waals surface area contributed by atoms with Gasteiger partial charge in [0.15, 0.2) is 5.96 Å². The summed E-state index contributed by atoms with van der Waals surface area (Å²) in [4.78, 5) is 4.35. The van der Waals surface area contributed by atoms with Crippen molar-refractivity contribution in [1.82, 2.24) is 10.6 Å². The molecule has 5 nitrogen and oxygen atoms in total. The van der Waals surface area contributed by atoms with Crippen LogP contribution in [0.2, 0.25) is 0 Å². The first kappa shape index (κ1) is 19.2. The Morgan fingerprint density at radius 2 is 2.00 bits per heavy atom. The molecule has 5 heteroatoms. The SMILES string of the molecule is CN=C(NCc1cccc(OC)c1)NCC1CCCOC1c1ccccc1. The molecular weight excluding hydrogens is 338 g/mol. The fraction of sp³-hybridized carbons (Fsp3) is 0.409. The first-order valence-electron chi connectivity index (χ1n) is 9.54. The molecule has 0 radical (unpaired) electrons. The second-order valence-electron chi connectivity index (χ2n) is 6.76. The number of aliphatic imine (C=N–C) groups is 1. The number of rotatable bonds is 6. The Morgan fingerprint density at radius 1 is 1.15 bits per heavy atom. The van der Waals surface area contributed by atoms with E-state index in [1.807, 2.05) is 24.3 Å². The summed E-state index contributed by atoms with van der Waals surface area (Å²) in [6.07, 6.45) is 2.40. The Labute approximate surface area is 161 Å². The van der Waals surface area contributed by atoms with E-state index in [0.717, 1.165) is 43.3 Å². The Balaban J connectivity index is 1.54. The van der Waals surface area contributed by atoms with E-state index in [1.165, 1.54) is 5.56 Å². The highest BCUT2D eigenvalue weighted by atomic mass is 16.5. The summed E-state index contributed by atoms with van der Waals surface area (Å²) >= 11 is 0. The lowest BCUT2D eigenvalue weighted by molar-refractivity contribution is -0.0265. The van der Waals surface area contributed by atoms with E-state index in [4.69, 9.17) is 9.47 Å². The molecule has 3 rings (SSSR count). The van der Waals surface area contributed by atoms with Crippen LogP contribution in [-0.2, 0) is 11.3 Å². The number of methoxy groups -OCH3 is 1. The molecule has 2 unspecified atom stereocenters. The van der Waals surface area contributed by atoms with Gasteiger partial charge in [-0.1, -0.05) is 42.5 Å². The summed E-state index contributed by atoms with van der Waals surface area (Å²) in [6.45, 7) is 2.36. The van der Waals surface area contributed by atoms with Crippen molar-refractivity contribution in [3.63, 3.8) is 0 Å². The number of ether oxygens (including phenoxy) is 2. The van der Waals surface area contributed by atoms with Gasteiger partial charge in [0.25, 0.3) is 0 Å². The molecule has 2 atom stereocenters. The van der Waals surface area contributed by atoms with Gasteiger partial charge in [-0.15, -0.1) is 0 Å². The Bertz CT molecular complexity index is 733. The van der Waals surface area contributed by atoms with E-state index in [1.54, 1.807) is 14.2 Å². The van der Waals surface area contributed by atoms with Crippen molar-refractivity contribution in [2.75, 3.05) is 27.3 Å². The average molecular weight is 367 g/mol. The van der Waals surface area contributed by atoms with Crippen LogP contribution in [0.4, 0.5) is 0 Å². The van der Waals surface area contributed by atoms with Crippen molar-refractivity contribution >= 4 is 5.96 Å². The highest BCUT2D eigenvalue weighted by Crippen LogP contribution is 2.33. The number of nitrogens with zero attached hydrogens (tertiary/aromatic N) is 1. The molecule has 0 spiro atoms. The van der Waals surface area contributed by atoms with E-state index in [-0.39, 0.29) is 6.10 Å². The molecule has 1 fully saturated rings. The summed E-state index contributed by atoms with van der Waals surface area (Å²) in [5, 5.41) is 6.84.